The number of carbonyl (C=O) groups is 2. The van der Waals surface area contributed by atoms with E-state index in [-0.39, 0.29) is 0 Å². The van der Waals surface area contributed by atoms with E-state index in [4.69, 9.17) is 4.74 Å². The van der Waals surface area contributed by atoms with Gasteiger partial charge in [-0.25, -0.2) is 9.59 Å². The van der Waals surface area contributed by atoms with Crippen molar-refractivity contribution in [3.8, 4) is 5.75 Å². The van der Waals surface area contributed by atoms with E-state index in [1.54, 1.807) is 24.3 Å². The molecular formula is C14H17NO4. The van der Waals surface area contributed by atoms with Gasteiger partial charge in [0.05, 0.1) is 0 Å². The predicted octanol–water partition coefficient (Wildman–Crippen LogP) is 2.37. The molecule has 1 aliphatic rings. The van der Waals surface area contributed by atoms with Crippen molar-refractivity contribution in [1.29, 1.82) is 0 Å². The molecule has 1 fully saturated rings. The van der Waals surface area contributed by atoms with Crippen molar-refractivity contribution in [1.82, 2.24) is 4.90 Å². The third-order valence-corrected chi connectivity index (χ3v) is 3.33. The minimum Gasteiger partial charge on any atom is -0.480 e. The summed E-state index contributed by atoms with van der Waals surface area (Å²) in [6, 6.07) is 7.88. The standard InChI is InChI=1S/C14H17NO4/c1-10-7-8-15(12(9-10)13(16)17)14(18)19-11-5-3-2-4-6-11/h2-6,10,12H,7-9H2,1H3,(H,16,17). The Hall–Kier alpha value is -2.04. The van der Waals surface area contributed by atoms with Gasteiger partial charge < -0.3 is 9.84 Å². The molecule has 1 aromatic rings. The monoisotopic (exact) mass is 263 g/mol. The molecule has 0 radical (unpaired) electrons. The number of hydrogen-bond acceptors (Lipinski definition) is 3. The van der Waals surface area contributed by atoms with Crippen LogP contribution in [0.3, 0.4) is 0 Å². The molecule has 0 bridgehead atoms. The summed E-state index contributed by atoms with van der Waals surface area (Å²) < 4.78 is 5.19. The Morgan fingerprint density at radius 1 is 1.32 bits per heavy atom. The summed E-state index contributed by atoms with van der Waals surface area (Å²) in [5.41, 5.74) is 0. The van der Waals surface area contributed by atoms with Crippen molar-refractivity contribution in [2.45, 2.75) is 25.8 Å². The van der Waals surface area contributed by atoms with Gasteiger partial charge in [0, 0.05) is 6.54 Å². The minimum absolute atomic E-state index is 0.307. The highest BCUT2D eigenvalue weighted by Crippen LogP contribution is 2.24. The first-order valence-electron chi connectivity index (χ1n) is 6.34. The lowest BCUT2D eigenvalue weighted by molar-refractivity contribution is -0.144. The molecule has 5 heteroatoms. The number of ether oxygens (including phenoxy) is 1. The average Bonchev–Trinajstić information content (AvgIpc) is 2.39. The van der Waals surface area contributed by atoms with Gasteiger partial charge in [0.1, 0.15) is 11.8 Å². The average molecular weight is 263 g/mol. The lowest BCUT2D eigenvalue weighted by atomic mass is 9.93. The first-order chi connectivity index (χ1) is 9.08. The van der Waals surface area contributed by atoms with E-state index in [1.807, 2.05) is 13.0 Å². The zero-order valence-corrected chi connectivity index (χ0v) is 10.8. The van der Waals surface area contributed by atoms with Crippen molar-refractivity contribution in [2.75, 3.05) is 6.54 Å². The number of piperidine rings is 1. The Morgan fingerprint density at radius 3 is 2.63 bits per heavy atom. The number of amides is 1. The summed E-state index contributed by atoms with van der Waals surface area (Å²) in [7, 11) is 0. The van der Waals surface area contributed by atoms with Crippen LogP contribution in [0.4, 0.5) is 4.79 Å². The first-order valence-corrected chi connectivity index (χ1v) is 6.34. The molecule has 1 heterocycles. The van der Waals surface area contributed by atoms with Gasteiger partial charge in [-0.2, -0.15) is 0 Å². The Morgan fingerprint density at radius 2 is 2.00 bits per heavy atom. The quantitative estimate of drug-likeness (QED) is 0.889. The van der Waals surface area contributed by atoms with E-state index in [0.29, 0.717) is 24.6 Å². The fraction of sp³-hybridized carbons (Fsp3) is 0.429. The van der Waals surface area contributed by atoms with Gasteiger partial charge >= 0.3 is 12.1 Å². The van der Waals surface area contributed by atoms with Crippen LogP contribution in [0, 0.1) is 5.92 Å². The Bertz CT molecular complexity index is 460. The summed E-state index contributed by atoms with van der Waals surface area (Å²) in [5.74, 6) is -0.242. The number of hydrogen-bond donors (Lipinski definition) is 1. The van der Waals surface area contributed by atoms with Gasteiger partial charge in [-0.15, -0.1) is 0 Å². The molecule has 1 saturated heterocycles. The minimum atomic E-state index is -0.975. The van der Waals surface area contributed by atoms with Gasteiger partial charge in [0.15, 0.2) is 0 Å². The van der Waals surface area contributed by atoms with Crippen LogP contribution >= 0.6 is 0 Å². The van der Waals surface area contributed by atoms with E-state index in [9.17, 15) is 14.7 Å². The molecule has 1 amide bonds. The molecule has 2 unspecified atom stereocenters. The number of benzene rings is 1. The topological polar surface area (TPSA) is 66.8 Å². The molecule has 0 saturated carbocycles. The van der Waals surface area contributed by atoms with Crippen molar-refractivity contribution in [2.24, 2.45) is 5.92 Å². The number of carboxylic acids is 1. The summed E-state index contributed by atoms with van der Waals surface area (Å²) in [4.78, 5) is 24.5. The van der Waals surface area contributed by atoms with Gasteiger partial charge in [0.2, 0.25) is 0 Å². The van der Waals surface area contributed by atoms with E-state index >= 15 is 0 Å². The molecule has 1 aliphatic heterocycles. The number of nitrogens with zero attached hydrogens (tertiary/aromatic N) is 1. The number of carbonyl (C=O) groups excluding carboxylic acids is 1. The third-order valence-electron chi connectivity index (χ3n) is 3.33. The Kier molecular flexibility index (Phi) is 4.04. The van der Waals surface area contributed by atoms with Crippen molar-refractivity contribution in [3.05, 3.63) is 30.3 Å². The zero-order valence-electron chi connectivity index (χ0n) is 10.8. The molecule has 2 rings (SSSR count). The molecule has 0 aliphatic carbocycles. The maximum Gasteiger partial charge on any atom is 0.415 e. The second kappa shape index (κ2) is 5.73. The first kappa shape index (κ1) is 13.4. The second-order valence-corrected chi connectivity index (χ2v) is 4.86. The van der Waals surface area contributed by atoms with Crippen LogP contribution in [0.1, 0.15) is 19.8 Å². The largest absolute Gasteiger partial charge is 0.480 e. The number of rotatable bonds is 2. The van der Waals surface area contributed by atoms with Crippen molar-refractivity contribution >= 4 is 12.1 Å². The molecule has 0 spiro atoms. The highest BCUT2D eigenvalue weighted by atomic mass is 16.6. The Balaban J connectivity index is 2.06. The van der Waals surface area contributed by atoms with Gasteiger partial charge in [-0.1, -0.05) is 25.1 Å². The van der Waals surface area contributed by atoms with Gasteiger partial charge in [-0.05, 0) is 30.9 Å². The number of para-hydroxylation sites is 1. The van der Waals surface area contributed by atoms with Crippen LogP contribution in [0.2, 0.25) is 0 Å². The third kappa shape index (κ3) is 3.24. The number of aliphatic carboxylic acids is 1. The van der Waals surface area contributed by atoms with Crippen LogP contribution in [-0.2, 0) is 4.79 Å². The van der Waals surface area contributed by atoms with Crippen LogP contribution in [0.15, 0.2) is 30.3 Å². The lowest BCUT2D eigenvalue weighted by Gasteiger charge is -2.34. The number of likely N-dealkylation sites (tertiary alicyclic amines) is 1. The van der Waals surface area contributed by atoms with E-state index in [2.05, 4.69) is 0 Å². The van der Waals surface area contributed by atoms with Crippen molar-refractivity contribution in [3.63, 3.8) is 0 Å². The van der Waals surface area contributed by atoms with Crippen LogP contribution in [-0.4, -0.2) is 34.7 Å². The fourth-order valence-electron chi connectivity index (χ4n) is 2.24. The summed E-state index contributed by atoms with van der Waals surface area (Å²) in [5, 5.41) is 9.19. The Labute approximate surface area is 111 Å². The molecule has 5 nitrogen and oxygen atoms in total. The van der Waals surface area contributed by atoms with Crippen LogP contribution in [0.5, 0.6) is 5.75 Å². The molecule has 0 aromatic heterocycles. The van der Waals surface area contributed by atoms with Crippen LogP contribution in [0.25, 0.3) is 0 Å². The fourth-order valence-corrected chi connectivity index (χ4v) is 2.24. The summed E-state index contributed by atoms with van der Waals surface area (Å²) in [6.45, 7) is 2.42. The smallest absolute Gasteiger partial charge is 0.415 e. The normalized spacial score (nSPS) is 22.9. The van der Waals surface area contributed by atoms with Crippen LogP contribution < -0.4 is 4.74 Å². The summed E-state index contributed by atoms with van der Waals surface area (Å²) in [6.07, 6.45) is 0.679. The lowest BCUT2D eigenvalue weighted by Crippen LogP contribution is -2.50. The molecular weight excluding hydrogens is 246 g/mol. The molecule has 102 valence electrons. The van der Waals surface area contributed by atoms with Gasteiger partial charge in [0.25, 0.3) is 0 Å². The predicted molar refractivity (Wildman–Crippen MR) is 69.0 cm³/mol. The summed E-state index contributed by atoms with van der Waals surface area (Å²) >= 11 is 0. The van der Waals surface area contributed by atoms with E-state index in [0.717, 1.165) is 6.42 Å². The highest BCUT2D eigenvalue weighted by Gasteiger charge is 2.35. The van der Waals surface area contributed by atoms with E-state index < -0.39 is 18.1 Å². The zero-order chi connectivity index (χ0) is 13.8. The highest BCUT2D eigenvalue weighted by molar-refractivity contribution is 5.81. The molecule has 1 aromatic carbocycles. The maximum absolute atomic E-state index is 12.0. The van der Waals surface area contributed by atoms with E-state index in [1.165, 1.54) is 4.90 Å². The maximum atomic E-state index is 12.0. The second-order valence-electron chi connectivity index (χ2n) is 4.86. The number of carboxylic acid groups (broad SMARTS) is 1. The van der Waals surface area contributed by atoms with Crippen molar-refractivity contribution < 1.29 is 19.4 Å². The molecule has 1 N–H and O–H groups in total. The molecule has 2 atom stereocenters. The SMILES string of the molecule is CC1CCN(C(=O)Oc2ccccc2)C(C(=O)O)C1. The van der Waals surface area contributed by atoms with Gasteiger partial charge in [-0.3, -0.25) is 4.90 Å². The molecule has 19 heavy (non-hydrogen) atoms.